The summed E-state index contributed by atoms with van der Waals surface area (Å²) in [6.45, 7) is -8.08. The van der Waals surface area contributed by atoms with Crippen LogP contribution in [0.2, 0.25) is 0 Å². The zero-order valence-corrected chi connectivity index (χ0v) is 54.4. The lowest BCUT2D eigenvalue weighted by Crippen LogP contribution is -2.55. The summed E-state index contributed by atoms with van der Waals surface area (Å²) in [5, 5.41) is 157. The van der Waals surface area contributed by atoms with Crippen LogP contribution in [0.25, 0.3) is 0 Å². The van der Waals surface area contributed by atoms with Gasteiger partial charge in [-0.2, -0.15) is 0 Å². The van der Waals surface area contributed by atoms with E-state index in [1.165, 1.54) is 0 Å². The number of aliphatic hydroxyl groups is 16. The van der Waals surface area contributed by atoms with Crippen molar-refractivity contribution in [2.45, 2.75) is 161 Å². The van der Waals surface area contributed by atoms with E-state index in [2.05, 4.69) is 0 Å². The Labute approximate surface area is 546 Å². The van der Waals surface area contributed by atoms with Gasteiger partial charge in [0.05, 0.1) is 0 Å². The second kappa shape index (κ2) is 32.5. The van der Waals surface area contributed by atoms with Gasteiger partial charge in [0, 0.05) is 68.7 Å². The first-order valence-corrected chi connectivity index (χ1v) is 27.4. The molecule has 0 bridgehead atoms. The molecule has 0 saturated heterocycles. The summed E-state index contributed by atoms with van der Waals surface area (Å²) in [4.78, 5) is 186. The molecule has 0 rings (SSSR count). The molecule has 0 aromatic carbocycles. The number of esters is 14. The predicted molar refractivity (Wildman–Crippen MR) is 291 cm³/mol. The van der Waals surface area contributed by atoms with E-state index in [0.717, 1.165) is 6.92 Å². The molecule has 0 aromatic rings. The Hall–Kier alpha value is -8.06. The molecule has 97 heavy (non-hydrogen) atoms. The highest BCUT2D eigenvalue weighted by Crippen LogP contribution is 2.35. The molecule has 0 amide bonds. The Morgan fingerprint density at radius 2 is 0.371 bits per heavy atom. The van der Waals surface area contributed by atoms with E-state index in [-0.39, 0.29) is 0 Å². The first kappa shape index (κ1) is 88.9. The maximum absolute atomic E-state index is 14.5. The molecule has 0 aliphatic rings. The maximum Gasteiger partial charge on any atom is 0.393 e. The largest absolute Gasteiger partial charge is 0.460 e. The number of carbonyl (C=O) groups is 14. The lowest BCUT2D eigenvalue weighted by molar-refractivity contribution is -0.257. The molecule has 0 atom stereocenters. The molecule has 556 valence electrons. The van der Waals surface area contributed by atoms with Crippen molar-refractivity contribution in [1.82, 2.24) is 0 Å². The number of rotatable bonds is 38. The minimum atomic E-state index is -3.81. The second-order valence-electron chi connectivity index (χ2n) is 23.9. The molecule has 0 saturated carbocycles. The van der Waals surface area contributed by atoms with Crippen LogP contribution in [0, 0.1) is 21.7 Å². The van der Waals surface area contributed by atoms with Gasteiger partial charge < -0.3 is 148 Å². The molecule has 0 heterocycles. The van der Waals surface area contributed by atoms with Gasteiger partial charge in [0.1, 0.15) is 87.7 Å². The topological polar surface area (TPSA) is 692 Å². The number of ether oxygens (including phenoxy) is 14. The van der Waals surface area contributed by atoms with E-state index in [1.54, 1.807) is 0 Å². The summed E-state index contributed by atoms with van der Waals surface area (Å²) in [6.07, 6.45) is -1.27. The number of carbonyl (C=O) groups excluding carboxylic acids is 14. The lowest BCUT2D eigenvalue weighted by Gasteiger charge is -2.37. The zero-order valence-electron chi connectivity index (χ0n) is 54.4. The molecular formula is C53H80O44. The van der Waals surface area contributed by atoms with Gasteiger partial charge in [-0.15, -0.1) is 0 Å². The van der Waals surface area contributed by atoms with Gasteiger partial charge in [-0.05, 0) is 27.7 Å². The summed E-state index contributed by atoms with van der Waals surface area (Å²) >= 11 is 0. The van der Waals surface area contributed by atoms with Gasteiger partial charge in [0.25, 0.3) is 46.3 Å². The van der Waals surface area contributed by atoms with E-state index < -0.39 is 236 Å². The standard InChI is InChI=1S/C53H80O44/c1-15-53(96-28(56)42(4,22-90-34(62)48(10,76)77)23-91-35(63)49(11,78)79,97-29(57)43(5,24-92-36(64)50(12,80)81)25-93-37(65)51(13,82)83)39(67)85-17-16-84-38(66)52(14,94-26(54)40(2,18-86-30(58)44(6,68)69)19-87-31(59)45(7,70)71)95-27(55)41(3,20-88-32(60)46(8,72)73)21-89-33(61)47(9,74)75/h68-83H,15-25H2,1-14H3. The van der Waals surface area contributed by atoms with Gasteiger partial charge in [0.15, 0.2) is 0 Å². The zero-order chi connectivity index (χ0) is 76.8. The van der Waals surface area contributed by atoms with Crippen LogP contribution in [0.4, 0.5) is 0 Å². The molecule has 44 nitrogen and oxygen atoms in total. The van der Waals surface area contributed by atoms with Crippen molar-refractivity contribution in [2.75, 3.05) is 66.1 Å². The van der Waals surface area contributed by atoms with Crippen LogP contribution in [-0.4, -0.2) is 289 Å². The summed E-state index contributed by atoms with van der Waals surface area (Å²) < 4.78 is 69.2. The third-order valence-corrected chi connectivity index (χ3v) is 12.0. The fourth-order valence-electron chi connectivity index (χ4n) is 5.68. The van der Waals surface area contributed by atoms with Gasteiger partial charge >= 0.3 is 95.1 Å². The summed E-state index contributed by atoms with van der Waals surface area (Å²) in [5.41, 5.74) is -11.5. The fraction of sp³-hybridized carbons (Fsp3) is 0.736. The SMILES string of the molecule is CCC(OC(=O)C(C)(COC(=O)C(C)(O)O)COC(=O)C(C)(O)O)(OC(=O)C(C)(COC(=O)C(C)(O)O)COC(=O)C(C)(O)O)C(=O)OCCOC(=O)C(C)(OC(=O)C(C)(COC(=O)C(C)(O)O)COC(=O)C(C)(O)O)OC(=O)C(C)(COC(=O)C(C)(O)O)COC(=O)C(C)(O)O. The highest BCUT2D eigenvalue weighted by Gasteiger charge is 2.57. The van der Waals surface area contributed by atoms with Crippen molar-refractivity contribution in [2.24, 2.45) is 21.7 Å². The molecule has 16 N–H and O–H groups in total. The van der Waals surface area contributed by atoms with E-state index in [4.69, 9.17) is 66.3 Å². The summed E-state index contributed by atoms with van der Waals surface area (Å²) in [5.74, 6) is -62.8. The van der Waals surface area contributed by atoms with E-state index >= 15 is 0 Å². The number of hydrogen-bond acceptors (Lipinski definition) is 44. The molecule has 0 aliphatic heterocycles. The maximum atomic E-state index is 14.5. The molecule has 0 spiro atoms. The third-order valence-electron chi connectivity index (χ3n) is 12.0. The van der Waals surface area contributed by atoms with E-state index in [9.17, 15) is 149 Å². The third kappa shape index (κ3) is 27.4. The second-order valence-corrected chi connectivity index (χ2v) is 23.9. The molecule has 0 aromatic heterocycles. The normalized spacial score (nSPS) is 13.3. The molecule has 44 heteroatoms. The average molecular weight is 1420 g/mol. The molecular weight excluding hydrogens is 1340 g/mol. The Morgan fingerprint density at radius 1 is 0.216 bits per heavy atom. The Balaban J connectivity index is 8.42. The van der Waals surface area contributed by atoms with Crippen LogP contribution >= 0.6 is 0 Å². The molecule has 0 radical (unpaired) electrons. The van der Waals surface area contributed by atoms with E-state index in [1.807, 2.05) is 0 Å². The van der Waals surface area contributed by atoms with Crippen LogP contribution < -0.4 is 0 Å². The summed E-state index contributed by atoms with van der Waals surface area (Å²) in [7, 11) is 0. The van der Waals surface area contributed by atoms with E-state index in [0.29, 0.717) is 90.0 Å². The molecule has 0 fully saturated rings. The van der Waals surface area contributed by atoms with Gasteiger partial charge in [-0.1, -0.05) is 6.92 Å². The quantitative estimate of drug-likeness (QED) is 0.0118. The Bertz CT molecular complexity index is 2600. The average Bonchev–Trinajstić information content (AvgIpc) is 0.794. The fourth-order valence-corrected chi connectivity index (χ4v) is 5.68. The van der Waals surface area contributed by atoms with Crippen molar-refractivity contribution in [3.05, 3.63) is 0 Å². The van der Waals surface area contributed by atoms with Crippen molar-refractivity contribution in [1.29, 1.82) is 0 Å². The first-order valence-electron chi connectivity index (χ1n) is 27.4. The Kier molecular flexibility index (Phi) is 29.8. The molecule has 0 aliphatic carbocycles. The van der Waals surface area contributed by atoms with Crippen molar-refractivity contribution in [3.63, 3.8) is 0 Å². The predicted octanol–water partition coefficient (Wildman–Crippen LogP) is -9.95. The van der Waals surface area contributed by atoms with Crippen LogP contribution in [0.5, 0.6) is 0 Å². The van der Waals surface area contributed by atoms with Crippen LogP contribution in [-0.2, 0) is 133 Å². The van der Waals surface area contributed by atoms with Crippen LogP contribution in [0.1, 0.15) is 103 Å². The van der Waals surface area contributed by atoms with Crippen molar-refractivity contribution in [3.8, 4) is 0 Å². The smallest absolute Gasteiger partial charge is 0.393 e. The summed E-state index contributed by atoms with van der Waals surface area (Å²) in [6, 6.07) is 0. The van der Waals surface area contributed by atoms with Gasteiger partial charge in [-0.25, -0.2) is 47.9 Å². The minimum absolute atomic E-state index is 0.298. The monoisotopic (exact) mass is 1420 g/mol. The van der Waals surface area contributed by atoms with Gasteiger partial charge in [0.2, 0.25) is 0 Å². The molecule has 0 unspecified atom stereocenters. The lowest BCUT2D eigenvalue weighted by atomic mass is 9.92. The first-order chi connectivity index (χ1) is 43.1. The highest BCUT2D eigenvalue weighted by molar-refractivity contribution is 5.91. The van der Waals surface area contributed by atoms with Gasteiger partial charge in [-0.3, -0.25) is 19.2 Å². The van der Waals surface area contributed by atoms with Crippen molar-refractivity contribution < 1.29 is 215 Å². The van der Waals surface area contributed by atoms with Crippen molar-refractivity contribution >= 4 is 83.6 Å². The van der Waals surface area contributed by atoms with Crippen LogP contribution in [0.3, 0.4) is 0 Å². The highest BCUT2D eigenvalue weighted by atomic mass is 16.8. The number of hydrogen-bond donors (Lipinski definition) is 16. The van der Waals surface area contributed by atoms with Crippen LogP contribution in [0.15, 0.2) is 0 Å². The Morgan fingerprint density at radius 3 is 0.526 bits per heavy atom. The minimum Gasteiger partial charge on any atom is -0.460 e.